The average Bonchev–Trinajstić information content (AvgIpc) is 3.80. The smallest absolute Gasteiger partial charge is 0.185 e. The average molecular weight is 839 g/mol. The van der Waals surface area contributed by atoms with Crippen molar-refractivity contribution in [1.82, 2.24) is 0 Å². The van der Waals surface area contributed by atoms with Crippen LogP contribution in [0.5, 0.6) is 0 Å². The van der Waals surface area contributed by atoms with Crippen molar-refractivity contribution in [2.24, 2.45) is 5.92 Å². The van der Waals surface area contributed by atoms with Gasteiger partial charge in [-0.15, -0.1) is 0 Å². The Hall–Kier alpha value is -3.82. The summed E-state index contributed by atoms with van der Waals surface area (Å²) in [6, 6.07) is 39.9. The van der Waals surface area contributed by atoms with Crippen molar-refractivity contribution in [3.8, 4) is 0 Å². The predicted octanol–water partition coefficient (Wildman–Crippen LogP) is 7.66. The van der Waals surface area contributed by atoms with Gasteiger partial charge in [-0.2, -0.15) is 0 Å². The lowest BCUT2D eigenvalue weighted by Crippen LogP contribution is -2.58. The summed E-state index contributed by atoms with van der Waals surface area (Å²) in [5.41, 5.74) is 4.71. The Kier molecular flexibility index (Phi) is 15.6. The lowest BCUT2D eigenvalue weighted by atomic mass is 9.82. The van der Waals surface area contributed by atoms with E-state index in [1.165, 1.54) is 0 Å². The largest absolute Gasteiger partial charge is 0.390 e. The molecule has 0 spiro atoms. The van der Waals surface area contributed by atoms with E-state index in [0.29, 0.717) is 31.8 Å². The third-order valence-electron chi connectivity index (χ3n) is 11.3. The van der Waals surface area contributed by atoms with E-state index in [2.05, 4.69) is 6.58 Å². The minimum absolute atomic E-state index is 0.0700. The molecule has 0 saturated carbocycles. The first kappa shape index (κ1) is 45.2. The van der Waals surface area contributed by atoms with Crippen molar-refractivity contribution in [2.45, 2.75) is 134 Å². The molecule has 0 radical (unpaired) electrons. The molecule has 3 aliphatic rings. The highest BCUT2D eigenvalue weighted by molar-refractivity contribution is 5.17. The van der Waals surface area contributed by atoms with E-state index in [9.17, 15) is 10.2 Å². The van der Waals surface area contributed by atoms with E-state index in [4.69, 9.17) is 42.6 Å². The van der Waals surface area contributed by atoms with Crippen LogP contribution < -0.4 is 0 Å². The normalized spacial score (nSPS) is 28.0. The molecule has 0 aliphatic carbocycles. The van der Waals surface area contributed by atoms with E-state index in [1.54, 1.807) is 13.8 Å². The van der Waals surface area contributed by atoms with Crippen LogP contribution in [0.4, 0.5) is 0 Å². The summed E-state index contributed by atoms with van der Waals surface area (Å²) >= 11 is 0. The summed E-state index contributed by atoms with van der Waals surface area (Å²) in [5.74, 6) is -2.20. The molecule has 0 amide bonds. The van der Waals surface area contributed by atoms with Crippen LogP contribution in [0.2, 0.25) is 0 Å². The van der Waals surface area contributed by atoms with Crippen molar-refractivity contribution >= 4 is 0 Å². The van der Waals surface area contributed by atoms with Gasteiger partial charge in [-0.25, -0.2) is 0 Å². The molecule has 7 rings (SSSR count). The summed E-state index contributed by atoms with van der Waals surface area (Å²) in [4.78, 5) is 0. The number of ether oxygens (including phenoxy) is 9. The predicted molar refractivity (Wildman–Crippen MR) is 229 cm³/mol. The highest BCUT2D eigenvalue weighted by atomic mass is 16.8. The molecule has 3 aliphatic heterocycles. The van der Waals surface area contributed by atoms with Crippen LogP contribution in [-0.4, -0.2) is 90.1 Å². The van der Waals surface area contributed by atoms with Gasteiger partial charge in [0.2, 0.25) is 0 Å². The van der Waals surface area contributed by atoms with Crippen LogP contribution in [-0.2, 0) is 69.1 Å². The van der Waals surface area contributed by atoms with E-state index < -0.39 is 66.7 Å². The zero-order valence-corrected chi connectivity index (χ0v) is 35.8. The molecule has 11 heteroatoms. The third kappa shape index (κ3) is 12.6. The Morgan fingerprint density at radius 3 is 1.69 bits per heavy atom. The molecule has 328 valence electrons. The van der Waals surface area contributed by atoms with Crippen LogP contribution in [0.1, 0.15) is 62.8 Å². The fourth-order valence-electron chi connectivity index (χ4n) is 8.38. The Balaban J connectivity index is 1.16. The lowest BCUT2D eigenvalue weighted by Gasteiger charge is -2.46. The molecule has 61 heavy (non-hydrogen) atoms. The molecule has 2 N–H and O–H groups in total. The standard InChI is InChI=1S/C50H62O11/c1-34(27-40(51)43(52)47-46(60-50(4,5)61-47)42-33-57-49(2,3)59-42)26-39-44(54-29-36-20-12-7-13-21-36)41(32-53-28-35-18-10-6-11-19-35)58-48(56-31-38-24-16-9-17-25-38)45(39)55-30-37-22-14-8-15-23-37/h6-25,39-48,51-52H,1,26-33H2,2-5H3/t39-,40-,41+,42+,43-,44+,45+,46+,47+,48+/m0/s1. The Labute approximate surface area is 360 Å². The second-order valence-electron chi connectivity index (χ2n) is 17.2. The maximum atomic E-state index is 11.7. The molecule has 11 nitrogen and oxygen atoms in total. The lowest BCUT2D eigenvalue weighted by molar-refractivity contribution is -0.313. The van der Waals surface area contributed by atoms with Gasteiger partial charge in [-0.3, -0.25) is 0 Å². The highest BCUT2D eigenvalue weighted by Gasteiger charge is 2.53. The van der Waals surface area contributed by atoms with Crippen LogP contribution >= 0.6 is 0 Å². The first-order valence-electron chi connectivity index (χ1n) is 21.4. The summed E-state index contributed by atoms with van der Waals surface area (Å²) in [7, 11) is 0. The number of hydrogen-bond acceptors (Lipinski definition) is 11. The van der Waals surface area contributed by atoms with Gasteiger partial charge in [0.25, 0.3) is 0 Å². The number of hydrogen-bond donors (Lipinski definition) is 2. The van der Waals surface area contributed by atoms with Crippen molar-refractivity contribution in [3.63, 3.8) is 0 Å². The van der Waals surface area contributed by atoms with Gasteiger partial charge in [0, 0.05) is 5.92 Å². The van der Waals surface area contributed by atoms with E-state index in [-0.39, 0.29) is 32.2 Å². The van der Waals surface area contributed by atoms with Crippen molar-refractivity contribution in [3.05, 3.63) is 156 Å². The van der Waals surface area contributed by atoms with Crippen LogP contribution in [0.15, 0.2) is 133 Å². The number of aliphatic hydroxyl groups excluding tert-OH is 2. The Morgan fingerprint density at radius 2 is 1.16 bits per heavy atom. The highest BCUT2D eigenvalue weighted by Crippen LogP contribution is 2.40. The summed E-state index contributed by atoms with van der Waals surface area (Å²) < 4.78 is 58.0. The summed E-state index contributed by atoms with van der Waals surface area (Å²) in [6.45, 7) is 13.5. The molecule has 4 aromatic carbocycles. The van der Waals surface area contributed by atoms with Crippen molar-refractivity contribution in [2.75, 3.05) is 13.2 Å². The van der Waals surface area contributed by atoms with E-state index in [1.807, 2.05) is 135 Å². The van der Waals surface area contributed by atoms with Gasteiger partial charge in [0.1, 0.15) is 36.6 Å². The zero-order valence-electron chi connectivity index (χ0n) is 35.8. The number of aliphatic hydroxyl groups is 2. The molecular formula is C50H62O11. The number of benzene rings is 4. The minimum atomic E-state index is -1.32. The Bertz CT molecular complexity index is 1910. The zero-order chi connectivity index (χ0) is 42.8. The van der Waals surface area contributed by atoms with Crippen molar-refractivity contribution < 1.29 is 52.8 Å². The van der Waals surface area contributed by atoms with Gasteiger partial charge in [-0.05, 0) is 62.8 Å². The van der Waals surface area contributed by atoms with Gasteiger partial charge >= 0.3 is 0 Å². The van der Waals surface area contributed by atoms with E-state index in [0.717, 1.165) is 22.3 Å². The molecular weight excluding hydrogens is 777 g/mol. The maximum absolute atomic E-state index is 11.7. The second-order valence-corrected chi connectivity index (χ2v) is 17.2. The molecule has 3 saturated heterocycles. The quantitative estimate of drug-likeness (QED) is 0.0854. The van der Waals surface area contributed by atoms with Gasteiger partial charge < -0.3 is 52.8 Å². The molecule has 3 fully saturated rings. The molecule has 3 heterocycles. The summed E-state index contributed by atoms with van der Waals surface area (Å²) in [5, 5.41) is 23.5. The molecule has 0 unspecified atom stereocenters. The molecule has 4 aromatic rings. The van der Waals surface area contributed by atoms with Crippen molar-refractivity contribution in [1.29, 1.82) is 0 Å². The molecule has 10 atom stereocenters. The minimum Gasteiger partial charge on any atom is -0.390 e. The third-order valence-corrected chi connectivity index (χ3v) is 11.3. The second kappa shape index (κ2) is 21.0. The topological polar surface area (TPSA) is 124 Å². The monoisotopic (exact) mass is 838 g/mol. The van der Waals surface area contributed by atoms with E-state index >= 15 is 0 Å². The fraction of sp³-hybridized carbons (Fsp3) is 0.480. The van der Waals surface area contributed by atoms with Crippen LogP contribution in [0.3, 0.4) is 0 Å². The molecule has 0 aromatic heterocycles. The SMILES string of the molecule is C=C(C[C@H]1[C@@H](OCc2ccccc2)[C@@H](COCc2ccccc2)O[C@@H](OCc2ccccc2)[C@@H]1OCc1ccccc1)C[C@H](O)[C@H](O)[C@H]1OC(C)(C)O[C@@H]1[C@H]1COC(C)(C)O1. The van der Waals surface area contributed by atoms with Gasteiger partial charge in [-0.1, -0.05) is 133 Å². The summed E-state index contributed by atoms with van der Waals surface area (Å²) in [6.07, 6.45) is -6.74. The first-order valence-corrected chi connectivity index (χ1v) is 21.4. The van der Waals surface area contributed by atoms with Gasteiger partial charge in [0.05, 0.1) is 51.8 Å². The maximum Gasteiger partial charge on any atom is 0.185 e. The van der Waals surface area contributed by atoms with Crippen LogP contribution in [0, 0.1) is 5.92 Å². The Morgan fingerprint density at radius 1 is 0.656 bits per heavy atom. The first-order chi connectivity index (χ1) is 29.4. The molecule has 0 bridgehead atoms. The number of rotatable bonds is 20. The van der Waals surface area contributed by atoms with Crippen LogP contribution in [0.25, 0.3) is 0 Å². The fourth-order valence-corrected chi connectivity index (χ4v) is 8.38. The van der Waals surface area contributed by atoms with Gasteiger partial charge in [0.15, 0.2) is 17.9 Å².